The summed E-state index contributed by atoms with van der Waals surface area (Å²) >= 11 is 0. The molecule has 2 aliphatic heterocycles. The number of para-hydroxylation sites is 1. The number of phenolic OH excluding ortho intramolecular Hbond substituents is 1. The Morgan fingerprint density at radius 1 is 1.25 bits per heavy atom. The van der Waals surface area contributed by atoms with Crippen molar-refractivity contribution in [1.82, 2.24) is 10.4 Å². The van der Waals surface area contributed by atoms with E-state index in [0.717, 1.165) is 48.2 Å². The van der Waals surface area contributed by atoms with E-state index < -0.39 is 25.5 Å². The Hall–Kier alpha value is -3.13. The van der Waals surface area contributed by atoms with Gasteiger partial charge in [0.15, 0.2) is 0 Å². The van der Waals surface area contributed by atoms with Gasteiger partial charge in [0.1, 0.15) is 35.8 Å². The summed E-state index contributed by atoms with van der Waals surface area (Å²) in [6.45, 7) is 9.15. The second-order valence-corrected chi connectivity index (χ2v) is 12.5. The highest BCUT2D eigenvalue weighted by Gasteiger charge is 2.33. The lowest BCUT2D eigenvalue weighted by molar-refractivity contribution is -0.151. The summed E-state index contributed by atoms with van der Waals surface area (Å²) in [6.07, 6.45) is 4.23. The Balaban J connectivity index is 1.54. The maximum atomic E-state index is 14.1. The van der Waals surface area contributed by atoms with E-state index in [4.69, 9.17) is 14.0 Å². The molecule has 4 rings (SSSR count). The number of fused-ring (bicyclic) bond motifs is 1. The van der Waals surface area contributed by atoms with Crippen LogP contribution in [0.1, 0.15) is 66.2 Å². The van der Waals surface area contributed by atoms with Gasteiger partial charge in [-0.05, 0) is 82.8 Å². The number of hydrogen-bond acceptors (Lipinski definition) is 8. The molecule has 1 fully saturated rings. The number of hydrogen-bond donors (Lipinski definition) is 3. The molecule has 0 saturated carbocycles. The van der Waals surface area contributed by atoms with Crippen LogP contribution in [0.2, 0.25) is 0 Å². The normalized spacial score (nSPS) is 18.0. The lowest BCUT2D eigenvalue weighted by atomic mass is 9.89. The van der Waals surface area contributed by atoms with Crippen LogP contribution in [0.3, 0.4) is 0 Å². The molecule has 9 nitrogen and oxygen atoms in total. The second-order valence-electron chi connectivity index (χ2n) is 10.4. The Morgan fingerprint density at radius 3 is 2.62 bits per heavy atom. The van der Waals surface area contributed by atoms with Crippen LogP contribution in [-0.2, 0) is 38.3 Å². The third kappa shape index (κ3) is 6.95. The quantitative estimate of drug-likeness (QED) is 0.195. The zero-order chi connectivity index (χ0) is 28.9. The molecule has 0 spiro atoms. The summed E-state index contributed by atoms with van der Waals surface area (Å²) in [5.41, 5.74) is 4.28. The molecule has 2 aromatic carbocycles. The third-order valence-corrected chi connectivity index (χ3v) is 9.62. The van der Waals surface area contributed by atoms with Crippen LogP contribution in [0.4, 0.5) is 0 Å². The summed E-state index contributed by atoms with van der Waals surface area (Å²) in [7, 11) is -3.61. The predicted molar refractivity (Wildman–Crippen MR) is 153 cm³/mol. The molecule has 3 N–H and O–H groups in total. The fourth-order valence-corrected chi connectivity index (χ4v) is 7.45. The van der Waals surface area contributed by atoms with Crippen molar-refractivity contribution < 1.29 is 33.3 Å². The van der Waals surface area contributed by atoms with E-state index in [0.29, 0.717) is 24.2 Å². The summed E-state index contributed by atoms with van der Waals surface area (Å²) in [5, 5.41) is 17.2. The van der Waals surface area contributed by atoms with Crippen molar-refractivity contribution in [1.29, 1.82) is 0 Å². The molecular formula is C30H39N2O7P. The van der Waals surface area contributed by atoms with Gasteiger partial charge in [-0.15, -0.1) is 0 Å². The van der Waals surface area contributed by atoms with Gasteiger partial charge < -0.3 is 24.4 Å². The van der Waals surface area contributed by atoms with Crippen LogP contribution < -0.4 is 14.9 Å². The molecule has 2 aliphatic rings. The van der Waals surface area contributed by atoms with Gasteiger partial charge >= 0.3 is 19.5 Å². The van der Waals surface area contributed by atoms with Crippen molar-refractivity contribution in [3.8, 4) is 11.5 Å². The van der Waals surface area contributed by atoms with E-state index in [1.54, 1.807) is 31.2 Å². The lowest BCUT2D eigenvalue weighted by Gasteiger charge is -2.27. The molecule has 0 amide bonds. The molecule has 1 unspecified atom stereocenters. The number of carbonyl (C=O) groups excluding carboxylic acids is 2. The first-order chi connectivity index (χ1) is 19.1. The van der Waals surface area contributed by atoms with E-state index in [9.17, 15) is 19.3 Å². The number of ether oxygens (including phenoxy) is 2. The number of nitrogens with one attached hydrogen (secondary N) is 2. The summed E-state index contributed by atoms with van der Waals surface area (Å²) in [4.78, 5) is 25.1. The number of cyclic esters (lactones) is 1. The molecule has 0 aliphatic carbocycles. The summed E-state index contributed by atoms with van der Waals surface area (Å²) in [5.74, 6) is -0.622. The van der Waals surface area contributed by atoms with Gasteiger partial charge in [0, 0.05) is 11.1 Å². The van der Waals surface area contributed by atoms with Gasteiger partial charge in [0.05, 0.1) is 6.16 Å². The molecule has 2 heterocycles. The molecule has 10 heteroatoms. The third-order valence-electron chi connectivity index (χ3n) is 7.42. The zero-order valence-corrected chi connectivity index (χ0v) is 24.5. The monoisotopic (exact) mass is 570 g/mol. The minimum absolute atomic E-state index is 0.0288. The van der Waals surface area contributed by atoms with Crippen molar-refractivity contribution in [3.05, 3.63) is 69.8 Å². The first kappa shape index (κ1) is 29.8. The van der Waals surface area contributed by atoms with E-state index in [1.165, 1.54) is 0 Å². The van der Waals surface area contributed by atoms with E-state index in [-0.39, 0.29) is 30.2 Å². The fraction of sp³-hybridized carbons (Fsp3) is 0.467. The van der Waals surface area contributed by atoms with Crippen LogP contribution in [0.5, 0.6) is 11.5 Å². The van der Waals surface area contributed by atoms with Gasteiger partial charge in [-0.2, -0.15) is 0 Å². The van der Waals surface area contributed by atoms with Crippen LogP contribution in [-0.4, -0.2) is 48.4 Å². The van der Waals surface area contributed by atoms with Gasteiger partial charge in [-0.1, -0.05) is 36.8 Å². The molecule has 216 valence electrons. The molecule has 1 saturated heterocycles. The molecule has 0 bridgehead atoms. The number of allylic oxidation sites excluding steroid dienone is 2. The van der Waals surface area contributed by atoms with Gasteiger partial charge in [0.2, 0.25) is 0 Å². The number of rotatable bonds is 11. The maximum Gasteiger partial charge on any atom is 0.342 e. The highest BCUT2D eigenvalue weighted by Crippen LogP contribution is 2.45. The molecule has 2 atom stereocenters. The number of benzene rings is 2. The number of esters is 2. The minimum atomic E-state index is -3.61. The Morgan fingerprint density at radius 2 is 1.95 bits per heavy atom. The summed E-state index contributed by atoms with van der Waals surface area (Å²) in [6, 6.07) is 7.98. The Bertz CT molecular complexity index is 1320. The number of piperidine rings is 1. The Kier molecular flexibility index (Phi) is 9.72. The van der Waals surface area contributed by atoms with E-state index >= 15 is 0 Å². The smallest absolute Gasteiger partial charge is 0.342 e. The first-order valence-electron chi connectivity index (χ1n) is 13.8. The highest BCUT2D eigenvalue weighted by molar-refractivity contribution is 7.57. The standard InChI is InChI=1S/C30H39N2O7P/c1-5-24-20(3)26-17-37-30(35)27(26)28(33)25(24)12-11-19(2)18-40(36,39-23-9-7-6-8-10-23)32-21(4)29(34)38-22-13-15-31-16-14-22/h6-11,21-22,31,33H,5,12-18H2,1-4H3,(H,32,36)/b19-11+/t21-,40?/m0/s1. The Labute approximate surface area is 235 Å². The molecular weight excluding hydrogens is 531 g/mol. The predicted octanol–water partition coefficient (Wildman–Crippen LogP) is 4.97. The second kappa shape index (κ2) is 13.0. The SMILES string of the molecule is CCc1c(C)c2c(c(O)c1C/C=C(\C)CP(=O)(N[C@@H](C)C(=O)OC1CCNCC1)Oc1ccccc1)C(=O)OC2. The van der Waals surface area contributed by atoms with Crippen molar-refractivity contribution in [3.63, 3.8) is 0 Å². The summed E-state index contributed by atoms with van der Waals surface area (Å²) < 4.78 is 31.0. The average Bonchev–Trinajstić information content (AvgIpc) is 3.32. The van der Waals surface area contributed by atoms with Crippen molar-refractivity contribution >= 4 is 19.5 Å². The van der Waals surface area contributed by atoms with Crippen LogP contribution in [0, 0.1) is 6.92 Å². The number of carbonyl (C=O) groups is 2. The highest BCUT2D eigenvalue weighted by atomic mass is 31.2. The van der Waals surface area contributed by atoms with Crippen LogP contribution >= 0.6 is 7.52 Å². The molecule has 0 radical (unpaired) electrons. The number of aromatic hydroxyl groups is 1. The average molecular weight is 571 g/mol. The fourth-order valence-electron chi connectivity index (χ4n) is 5.29. The zero-order valence-electron chi connectivity index (χ0n) is 23.6. The van der Waals surface area contributed by atoms with Crippen molar-refractivity contribution in [2.24, 2.45) is 0 Å². The molecule has 40 heavy (non-hydrogen) atoms. The lowest BCUT2D eigenvalue weighted by Crippen LogP contribution is -2.40. The van der Waals surface area contributed by atoms with Crippen molar-refractivity contribution in [2.75, 3.05) is 19.3 Å². The maximum absolute atomic E-state index is 14.1. The van der Waals surface area contributed by atoms with Gasteiger partial charge in [-0.25, -0.2) is 9.88 Å². The molecule has 0 aromatic heterocycles. The molecule has 2 aromatic rings. The van der Waals surface area contributed by atoms with Crippen LogP contribution in [0.25, 0.3) is 0 Å². The number of phenols is 1. The van der Waals surface area contributed by atoms with E-state index in [1.807, 2.05) is 32.9 Å². The minimum Gasteiger partial charge on any atom is -0.507 e. The van der Waals surface area contributed by atoms with Gasteiger partial charge in [0.25, 0.3) is 0 Å². The van der Waals surface area contributed by atoms with E-state index in [2.05, 4.69) is 10.4 Å². The van der Waals surface area contributed by atoms with Gasteiger partial charge in [-0.3, -0.25) is 9.36 Å². The first-order valence-corrected chi connectivity index (χ1v) is 15.6. The largest absolute Gasteiger partial charge is 0.507 e. The van der Waals surface area contributed by atoms with Crippen molar-refractivity contribution in [2.45, 2.75) is 72.1 Å². The van der Waals surface area contributed by atoms with Crippen LogP contribution in [0.15, 0.2) is 42.0 Å². The topological polar surface area (TPSA) is 123 Å².